The number of phenolic OH excluding ortho intramolecular Hbond substituents is 1. The minimum Gasteiger partial charge on any atom is -0.508 e. The fourth-order valence-electron chi connectivity index (χ4n) is 11.8. The molecule has 4 fully saturated rings. The molecule has 0 aliphatic carbocycles. The maximum atomic E-state index is 15.2. The van der Waals surface area contributed by atoms with E-state index < -0.39 is 170 Å². The van der Waals surface area contributed by atoms with Crippen molar-refractivity contribution < 1.29 is 96.8 Å². The molecule has 4 aliphatic heterocycles. The second-order valence-corrected chi connectivity index (χ2v) is 25.4. The van der Waals surface area contributed by atoms with Gasteiger partial charge in [0.25, 0.3) is 5.91 Å². The van der Waals surface area contributed by atoms with E-state index in [9.17, 15) is 64.5 Å². The highest BCUT2D eigenvalue weighted by molar-refractivity contribution is 6.02. The Morgan fingerprint density at radius 2 is 1.37 bits per heavy atom. The summed E-state index contributed by atoms with van der Waals surface area (Å²) in [5.74, 6) is -5.90. The molecule has 7 amide bonds. The lowest BCUT2D eigenvalue weighted by molar-refractivity contribution is -0.924. The number of rotatable bonds is 16. The summed E-state index contributed by atoms with van der Waals surface area (Å²) in [5.41, 5.74) is 0.151. The number of ether oxygens (including phenoxy) is 3. The molecule has 0 bridgehead atoms. The zero-order chi connectivity index (χ0) is 67.7. The fraction of sp³-hybridized carbons (Fsp3) is 0.530. The van der Waals surface area contributed by atoms with Crippen LogP contribution in [0.3, 0.4) is 0 Å². The number of phenols is 1. The maximum Gasteiger partial charge on any atom is 0.251 e. The SMILES string of the molecule is CCCCCCCCOc1ccc(C#Cc2ccc3cc(C(=O)N[C@H]4C[C@H]5OC([N+](C)(C)C)CO[C@H]5NC(=O)[C@@H]5[C@@H](O)[C@@H](C)CN5C(=O)[C@H]([C@@H](C)O)NC(=O)[C@H]([C@H](O)[C@@H](O)c5ccc(O)cc5)NC(=O)[C@@H]5C[C@@H](O)CN5C(=O)[C@H]([C@@H](C)O)NC4=O)ccc3c2)c(F)c1F. The van der Waals surface area contributed by atoms with Gasteiger partial charge >= 0.3 is 0 Å². The van der Waals surface area contributed by atoms with Gasteiger partial charge in [-0.05, 0) is 85.1 Å². The summed E-state index contributed by atoms with van der Waals surface area (Å²) in [6.45, 7) is 5.08. The average molecular weight is 1300 g/mol. The Morgan fingerprint density at radius 3 is 2.04 bits per heavy atom. The van der Waals surface area contributed by atoms with Gasteiger partial charge in [0.15, 0.2) is 17.8 Å². The lowest BCUT2D eigenvalue weighted by Gasteiger charge is -2.43. The van der Waals surface area contributed by atoms with Gasteiger partial charge in [0.2, 0.25) is 47.5 Å². The molecule has 27 heteroatoms. The fourth-order valence-corrected chi connectivity index (χ4v) is 11.8. The first-order valence-electron chi connectivity index (χ1n) is 31.3. The molecule has 8 rings (SSSR count). The molecule has 0 aromatic heterocycles. The lowest BCUT2D eigenvalue weighted by Crippen LogP contribution is -2.65. The summed E-state index contributed by atoms with van der Waals surface area (Å²) in [7, 11) is 5.32. The number of likely N-dealkylation sites (N-methyl/N-ethyl adjacent to an activating group) is 1. The zero-order valence-corrected chi connectivity index (χ0v) is 53.0. The smallest absolute Gasteiger partial charge is 0.251 e. The quantitative estimate of drug-likeness (QED) is 0.0420. The van der Waals surface area contributed by atoms with Gasteiger partial charge in [-0.15, -0.1) is 0 Å². The van der Waals surface area contributed by atoms with Gasteiger partial charge < -0.3 is 90.8 Å². The number of hydrogen-bond donors (Lipinski definition) is 12. The normalized spacial score (nSPS) is 27.3. The van der Waals surface area contributed by atoms with E-state index in [-0.39, 0.29) is 52.4 Å². The van der Waals surface area contributed by atoms with Gasteiger partial charge in [-0.25, -0.2) is 4.39 Å². The van der Waals surface area contributed by atoms with E-state index in [2.05, 4.69) is 45.3 Å². The van der Waals surface area contributed by atoms with Gasteiger partial charge in [0.1, 0.15) is 66.9 Å². The number of aliphatic hydroxyl groups excluding tert-OH is 6. The van der Waals surface area contributed by atoms with Gasteiger partial charge in [-0.1, -0.05) is 82.1 Å². The Balaban J connectivity index is 1.13. The molecule has 504 valence electrons. The first-order chi connectivity index (χ1) is 44.1. The number of nitrogens with one attached hydrogen (secondary N) is 5. The first-order valence-corrected chi connectivity index (χ1v) is 31.3. The number of carbonyl (C=O) groups excluding carboxylic acids is 7. The molecule has 4 heterocycles. The van der Waals surface area contributed by atoms with Gasteiger partial charge in [-0.2, -0.15) is 4.39 Å². The summed E-state index contributed by atoms with van der Waals surface area (Å²) in [5, 5.41) is 92.0. The summed E-state index contributed by atoms with van der Waals surface area (Å²) >= 11 is 0. The van der Waals surface area contributed by atoms with Crippen LogP contribution in [0.5, 0.6) is 11.5 Å². The molecule has 0 saturated carbocycles. The molecular weight excluding hydrogens is 1210 g/mol. The number of nitrogens with zero attached hydrogens (tertiary/aromatic N) is 3. The second-order valence-electron chi connectivity index (χ2n) is 25.4. The van der Waals surface area contributed by atoms with Crippen LogP contribution < -0.4 is 31.3 Å². The molecule has 93 heavy (non-hydrogen) atoms. The molecular formula is C66H85F2N8O17+. The maximum absolute atomic E-state index is 15.2. The van der Waals surface area contributed by atoms with Crippen molar-refractivity contribution in [1.29, 1.82) is 0 Å². The number of aromatic hydroxyl groups is 1. The Bertz CT molecular complexity index is 3430. The summed E-state index contributed by atoms with van der Waals surface area (Å²) in [6.07, 6.45) is -9.64. The molecule has 1 unspecified atom stereocenters. The highest BCUT2D eigenvalue weighted by Gasteiger charge is 2.52. The van der Waals surface area contributed by atoms with Crippen LogP contribution >= 0.6 is 0 Å². The number of unbranched alkanes of at least 4 members (excludes halogenated alkanes) is 5. The Morgan fingerprint density at radius 1 is 0.731 bits per heavy atom. The van der Waals surface area contributed by atoms with Crippen LogP contribution in [0.15, 0.2) is 72.8 Å². The van der Waals surface area contributed by atoms with E-state index in [1.165, 1.54) is 55.5 Å². The predicted molar refractivity (Wildman–Crippen MR) is 331 cm³/mol. The van der Waals surface area contributed by atoms with Crippen LogP contribution in [-0.4, -0.2) is 224 Å². The zero-order valence-electron chi connectivity index (χ0n) is 53.0. The van der Waals surface area contributed by atoms with E-state index in [1.807, 2.05) is 0 Å². The standard InChI is InChI=1S/C66H84F2N8O17/c1-8-9-10-11-12-13-26-91-47-25-22-38(50(67)51(47)68)16-14-37-15-17-41-28-42(19-18-40(41)27-37)59(84)69-45-30-48-64(92-33-49(93-48)76(5,6)7)73-63(88)55-56(81)34(2)31-75(55)66(90)53(36(4)78)71-62(87)54(58(83)57(82)39-20-23-43(79)24-21-39)72-61(86)46-29-44(80)32-74(46)65(89)52(35(3)77)70-60(45)85/h15,17-25,27-28,34-36,44-46,48-49,52-58,64,77-78,80-83H,8-13,26,29-33H2,1-7H3,(H5-,69,70,71,72,73,79,84,85,86,87,88)/p+1/t34-,35+,36+,44+,45-,46-,48+,49?,52-,53-,54-,55-,56-,57-,58-,64+/m0/s1. The van der Waals surface area contributed by atoms with Crippen molar-refractivity contribution in [2.45, 2.75) is 170 Å². The van der Waals surface area contributed by atoms with Crippen molar-refractivity contribution >= 4 is 52.1 Å². The van der Waals surface area contributed by atoms with E-state index in [0.29, 0.717) is 22.8 Å². The molecule has 4 saturated heterocycles. The monoisotopic (exact) mass is 1300 g/mol. The molecule has 4 aliphatic rings. The van der Waals surface area contributed by atoms with Crippen LogP contribution in [0.4, 0.5) is 8.78 Å². The van der Waals surface area contributed by atoms with Gasteiger partial charge in [0.05, 0.1) is 57.7 Å². The molecule has 25 nitrogen and oxygen atoms in total. The van der Waals surface area contributed by atoms with Crippen molar-refractivity contribution in [1.82, 2.24) is 36.4 Å². The highest BCUT2D eigenvalue weighted by Crippen LogP contribution is 2.31. The van der Waals surface area contributed by atoms with Crippen molar-refractivity contribution in [2.75, 3.05) is 47.4 Å². The van der Waals surface area contributed by atoms with Crippen LogP contribution in [0.1, 0.15) is 112 Å². The minimum absolute atomic E-state index is 0.00221. The number of fused-ring (bicyclic) bond motifs is 4. The lowest BCUT2D eigenvalue weighted by atomic mass is 9.96. The van der Waals surface area contributed by atoms with Crippen LogP contribution in [0.2, 0.25) is 0 Å². The van der Waals surface area contributed by atoms with Crippen molar-refractivity contribution in [3.63, 3.8) is 0 Å². The minimum atomic E-state index is -2.30. The van der Waals surface area contributed by atoms with E-state index >= 15 is 13.6 Å². The topological polar surface area (TPSA) is 355 Å². The highest BCUT2D eigenvalue weighted by atomic mass is 19.2. The Labute approximate surface area is 537 Å². The number of benzene rings is 4. The third-order valence-electron chi connectivity index (χ3n) is 17.3. The van der Waals surface area contributed by atoms with Gasteiger partial charge in [-0.3, -0.25) is 33.6 Å². The van der Waals surface area contributed by atoms with E-state index in [4.69, 9.17) is 14.2 Å². The van der Waals surface area contributed by atoms with E-state index in [1.54, 1.807) is 45.4 Å². The van der Waals surface area contributed by atoms with Crippen molar-refractivity contribution in [3.8, 4) is 23.3 Å². The number of amides is 7. The third kappa shape index (κ3) is 17.1. The number of quaternary nitrogens is 1. The van der Waals surface area contributed by atoms with Crippen LogP contribution in [0.25, 0.3) is 10.8 Å². The number of aliphatic hydroxyl groups is 6. The summed E-state index contributed by atoms with van der Waals surface area (Å²) < 4.78 is 48.8. The predicted octanol–water partition coefficient (Wildman–Crippen LogP) is 0.835. The summed E-state index contributed by atoms with van der Waals surface area (Å²) in [4.78, 5) is 105. The molecule has 4 aromatic carbocycles. The number of halogens is 2. The van der Waals surface area contributed by atoms with Gasteiger partial charge in [0, 0.05) is 43.0 Å². The second kappa shape index (κ2) is 30.9. The molecule has 12 N–H and O–H groups in total. The Hall–Kier alpha value is -7.91. The van der Waals surface area contributed by atoms with Crippen LogP contribution in [0, 0.1) is 29.4 Å². The molecule has 0 radical (unpaired) electrons. The van der Waals surface area contributed by atoms with Crippen molar-refractivity contribution in [3.05, 3.63) is 107 Å². The number of hydrogen-bond acceptors (Lipinski definition) is 17. The largest absolute Gasteiger partial charge is 0.508 e. The van der Waals surface area contributed by atoms with Crippen LogP contribution in [-0.2, 0) is 38.2 Å². The summed E-state index contributed by atoms with van der Waals surface area (Å²) in [6, 6.07) is 5.44. The first kappa shape index (κ1) is 70.9. The van der Waals surface area contributed by atoms with E-state index in [0.717, 1.165) is 55.8 Å². The van der Waals surface area contributed by atoms with Crippen molar-refractivity contribution in [2.24, 2.45) is 5.92 Å². The Kier molecular flexibility index (Phi) is 23.6. The average Bonchev–Trinajstić information content (AvgIpc) is 1.75. The molecule has 4 aromatic rings. The molecule has 0 spiro atoms. The number of carbonyl (C=O) groups is 7. The molecule has 16 atom stereocenters. The third-order valence-corrected chi connectivity index (χ3v) is 17.3.